The quantitative estimate of drug-likeness (QED) is 0.505. The molecule has 0 aliphatic carbocycles. The van der Waals surface area contributed by atoms with E-state index in [4.69, 9.17) is 5.41 Å². The zero-order valence-electron chi connectivity index (χ0n) is 19.6. The van der Waals surface area contributed by atoms with Gasteiger partial charge in [-0.05, 0) is 74.4 Å². The Morgan fingerprint density at radius 1 is 1.03 bits per heavy atom. The second kappa shape index (κ2) is 8.57. The number of aryl methyl sites for hydroxylation is 3. The maximum absolute atomic E-state index is 12.9. The highest BCUT2D eigenvalue weighted by Crippen LogP contribution is 2.32. The lowest BCUT2D eigenvalue weighted by atomic mass is 10.1. The van der Waals surface area contributed by atoms with Crippen LogP contribution in [0.5, 0.6) is 0 Å². The van der Waals surface area contributed by atoms with E-state index >= 15 is 0 Å². The number of hydrazone groups is 1. The number of hydrogen-bond acceptors (Lipinski definition) is 4. The minimum Gasteiger partial charge on any atom is -0.318 e. The maximum Gasteiger partial charge on any atom is 0.283 e. The summed E-state index contributed by atoms with van der Waals surface area (Å²) in [5.41, 5.74) is 7.65. The monoisotopic (exact) mass is 467 g/mol. The number of hydrogen-bond donors (Lipinski definition) is 1. The molecule has 0 unspecified atom stereocenters. The Morgan fingerprint density at radius 3 is 2.41 bits per heavy atom. The topological polar surface area (TPSA) is 73.8 Å². The van der Waals surface area contributed by atoms with Gasteiger partial charge in [-0.1, -0.05) is 48.9 Å². The number of benzene rings is 2. The van der Waals surface area contributed by atoms with Crippen LogP contribution in [0, 0.1) is 26.2 Å². The molecular formula is C27H25N5OS. The van der Waals surface area contributed by atoms with E-state index in [1.807, 2.05) is 51.1 Å². The van der Waals surface area contributed by atoms with Gasteiger partial charge >= 0.3 is 0 Å². The lowest BCUT2D eigenvalue weighted by Gasteiger charge is -2.20. The Bertz CT molecular complexity index is 1410. The number of aromatic nitrogens is 1. The van der Waals surface area contributed by atoms with E-state index in [0.717, 1.165) is 45.2 Å². The van der Waals surface area contributed by atoms with Crippen molar-refractivity contribution in [2.45, 2.75) is 34.1 Å². The summed E-state index contributed by atoms with van der Waals surface area (Å²) in [6, 6.07) is 18.6. The SMILES string of the molecule is CCc1ccc(-n2c(C)cc(/C=C3/C(=N)N4N=C(c5ccc(C)cc5)SC4=NC3=O)c2C)cc1. The summed E-state index contributed by atoms with van der Waals surface area (Å²) < 4.78 is 2.16. The molecule has 2 aliphatic rings. The standard InChI is InChI=1S/C27H25N5OS/c1-5-19-8-12-22(13-9-19)31-17(3)14-21(18(31)4)15-23-24(28)32-27(29-25(23)33)34-26(30-32)20-10-6-16(2)7-11-20/h6-15,28H,5H2,1-4H3/b23-15-,28-24?. The number of fused-ring (bicyclic) bond motifs is 1. The zero-order valence-corrected chi connectivity index (χ0v) is 20.4. The number of aliphatic imine (C=N–C) groups is 1. The molecule has 0 saturated heterocycles. The van der Waals surface area contributed by atoms with Crippen LogP contribution in [-0.4, -0.2) is 31.5 Å². The molecule has 0 bridgehead atoms. The second-order valence-electron chi connectivity index (χ2n) is 8.47. The molecular weight excluding hydrogens is 442 g/mol. The average molecular weight is 468 g/mol. The fraction of sp³-hybridized carbons (Fsp3) is 0.185. The van der Waals surface area contributed by atoms with E-state index in [-0.39, 0.29) is 11.4 Å². The first kappa shape index (κ1) is 22.1. The summed E-state index contributed by atoms with van der Waals surface area (Å²) >= 11 is 1.31. The van der Waals surface area contributed by atoms with Crippen LogP contribution in [0.15, 0.2) is 70.3 Å². The predicted molar refractivity (Wildman–Crippen MR) is 140 cm³/mol. The van der Waals surface area contributed by atoms with Crippen LogP contribution in [0.4, 0.5) is 0 Å². The number of amides is 1. The van der Waals surface area contributed by atoms with E-state index < -0.39 is 5.91 Å². The Kier molecular flexibility index (Phi) is 5.57. The Labute approximate surface area is 203 Å². The van der Waals surface area contributed by atoms with E-state index in [1.165, 1.54) is 22.3 Å². The summed E-state index contributed by atoms with van der Waals surface area (Å²) in [5.74, 6) is -0.372. The fourth-order valence-corrected chi connectivity index (χ4v) is 5.07. The molecule has 0 radical (unpaired) electrons. The number of nitrogens with zero attached hydrogens (tertiary/aromatic N) is 4. The van der Waals surface area contributed by atoms with Gasteiger partial charge in [0.15, 0.2) is 5.84 Å². The molecule has 0 fully saturated rings. The van der Waals surface area contributed by atoms with Crippen molar-refractivity contribution in [3.63, 3.8) is 0 Å². The molecule has 3 aromatic rings. The third-order valence-electron chi connectivity index (χ3n) is 6.13. The van der Waals surface area contributed by atoms with Gasteiger partial charge in [0.2, 0.25) is 5.17 Å². The highest BCUT2D eigenvalue weighted by atomic mass is 32.2. The summed E-state index contributed by atoms with van der Waals surface area (Å²) in [6.45, 7) is 8.24. The number of carbonyl (C=O) groups excluding carboxylic acids is 1. The first-order valence-corrected chi connectivity index (χ1v) is 12.0. The van der Waals surface area contributed by atoms with Crippen molar-refractivity contribution in [3.8, 4) is 5.69 Å². The van der Waals surface area contributed by atoms with Crippen molar-refractivity contribution >= 4 is 39.8 Å². The van der Waals surface area contributed by atoms with Gasteiger partial charge < -0.3 is 4.57 Å². The lowest BCUT2D eigenvalue weighted by Crippen LogP contribution is -2.35. The van der Waals surface area contributed by atoms with Crippen LogP contribution in [0.3, 0.4) is 0 Å². The van der Waals surface area contributed by atoms with E-state index in [2.05, 4.69) is 45.9 Å². The molecule has 0 saturated carbocycles. The third kappa shape index (κ3) is 3.82. The molecule has 1 N–H and O–H groups in total. The average Bonchev–Trinajstić information content (AvgIpc) is 3.37. The molecule has 170 valence electrons. The van der Waals surface area contributed by atoms with E-state index in [1.54, 1.807) is 6.08 Å². The smallest absolute Gasteiger partial charge is 0.283 e. The lowest BCUT2D eigenvalue weighted by molar-refractivity contribution is -0.114. The molecule has 3 heterocycles. The van der Waals surface area contributed by atoms with Gasteiger partial charge in [-0.15, -0.1) is 0 Å². The molecule has 0 spiro atoms. The Morgan fingerprint density at radius 2 is 1.74 bits per heavy atom. The molecule has 34 heavy (non-hydrogen) atoms. The van der Waals surface area contributed by atoms with Crippen LogP contribution in [0.2, 0.25) is 0 Å². The van der Waals surface area contributed by atoms with Gasteiger partial charge in [0, 0.05) is 22.6 Å². The van der Waals surface area contributed by atoms with Crippen molar-refractivity contribution in [1.29, 1.82) is 5.41 Å². The van der Waals surface area contributed by atoms with Crippen LogP contribution >= 0.6 is 11.8 Å². The molecule has 2 aliphatic heterocycles. The van der Waals surface area contributed by atoms with Gasteiger partial charge in [0.25, 0.3) is 5.91 Å². The first-order valence-electron chi connectivity index (χ1n) is 11.2. The third-order valence-corrected chi connectivity index (χ3v) is 7.08. The van der Waals surface area contributed by atoms with E-state index in [9.17, 15) is 4.79 Å². The van der Waals surface area contributed by atoms with Gasteiger partial charge in [-0.2, -0.15) is 15.1 Å². The van der Waals surface area contributed by atoms with Crippen molar-refractivity contribution in [2.75, 3.05) is 0 Å². The van der Waals surface area contributed by atoms with Gasteiger partial charge in [0.1, 0.15) is 5.04 Å². The molecule has 1 aromatic heterocycles. The normalized spacial score (nSPS) is 16.7. The zero-order chi connectivity index (χ0) is 24.0. The highest BCUT2D eigenvalue weighted by Gasteiger charge is 2.36. The van der Waals surface area contributed by atoms with Crippen molar-refractivity contribution in [1.82, 2.24) is 9.58 Å². The number of nitrogens with one attached hydrogen (secondary N) is 1. The van der Waals surface area contributed by atoms with Crippen molar-refractivity contribution in [2.24, 2.45) is 10.1 Å². The molecule has 5 rings (SSSR count). The Balaban J connectivity index is 1.49. The number of rotatable bonds is 4. The molecule has 7 heteroatoms. The Hall–Kier alpha value is -3.71. The number of carbonyl (C=O) groups is 1. The fourth-order valence-electron chi connectivity index (χ4n) is 4.17. The molecule has 0 atom stereocenters. The predicted octanol–water partition coefficient (Wildman–Crippen LogP) is 5.63. The second-order valence-corrected chi connectivity index (χ2v) is 9.43. The van der Waals surface area contributed by atoms with Crippen LogP contribution in [0.25, 0.3) is 11.8 Å². The first-order chi connectivity index (χ1) is 16.4. The summed E-state index contributed by atoms with van der Waals surface area (Å²) in [5, 5.41) is 15.9. The van der Waals surface area contributed by atoms with Gasteiger partial charge in [-0.25, -0.2) is 0 Å². The largest absolute Gasteiger partial charge is 0.318 e. The maximum atomic E-state index is 12.9. The molecule has 2 aromatic carbocycles. The number of amidine groups is 2. The molecule has 1 amide bonds. The van der Waals surface area contributed by atoms with Gasteiger partial charge in [-0.3, -0.25) is 10.2 Å². The van der Waals surface area contributed by atoms with Crippen LogP contribution in [-0.2, 0) is 11.2 Å². The summed E-state index contributed by atoms with van der Waals surface area (Å²) in [4.78, 5) is 17.1. The summed E-state index contributed by atoms with van der Waals surface area (Å²) in [6.07, 6.45) is 2.76. The van der Waals surface area contributed by atoms with E-state index in [0.29, 0.717) is 5.17 Å². The van der Waals surface area contributed by atoms with Crippen molar-refractivity contribution in [3.05, 3.63) is 93.8 Å². The highest BCUT2D eigenvalue weighted by molar-refractivity contribution is 8.27. The summed E-state index contributed by atoms with van der Waals surface area (Å²) in [7, 11) is 0. The number of thioether (sulfide) groups is 1. The van der Waals surface area contributed by atoms with Crippen LogP contribution < -0.4 is 0 Å². The minimum absolute atomic E-state index is 0.0433. The minimum atomic E-state index is -0.416. The van der Waals surface area contributed by atoms with Crippen molar-refractivity contribution < 1.29 is 4.79 Å². The van der Waals surface area contributed by atoms with Gasteiger partial charge in [0.05, 0.1) is 5.57 Å². The molecule has 6 nitrogen and oxygen atoms in total. The van der Waals surface area contributed by atoms with Crippen LogP contribution in [0.1, 0.15) is 40.6 Å².